The second-order valence-electron chi connectivity index (χ2n) is 6.28. The summed E-state index contributed by atoms with van der Waals surface area (Å²) in [5, 5.41) is 1.04. The van der Waals surface area contributed by atoms with E-state index in [-0.39, 0.29) is 11.6 Å². The van der Waals surface area contributed by atoms with Crippen molar-refractivity contribution in [2.24, 2.45) is 0 Å². The van der Waals surface area contributed by atoms with Crippen molar-refractivity contribution in [2.45, 2.75) is 38.5 Å². The van der Waals surface area contributed by atoms with E-state index in [9.17, 15) is 12.8 Å². The van der Waals surface area contributed by atoms with Crippen molar-refractivity contribution >= 4 is 20.9 Å². The topological polar surface area (TPSA) is 53.2 Å². The molecule has 2 aromatic rings. The van der Waals surface area contributed by atoms with Crippen molar-refractivity contribution in [1.29, 1.82) is 0 Å². The van der Waals surface area contributed by atoms with Crippen LogP contribution in [0.25, 0.3) is 10.9 Å². The molecule has 1 aromatic carbocycles. The van der Waals surface area contributed by atoms with E-state index in [0.717, 1.165) is 36.6 Å². The molecule has 1 aliphatic rings. The van der Waals surface area contributed by atoms with E-state index in [2.05, 4.69) is 4.98 Å². The minimum absolute atomic E-state index is 0.247. The summed E-state index contributed by atoms with van der Waals surface area (Å²) in [6.07, 6.45) is 5.18. The lowest BCUT2D eigenvalue weighted by molar-refractivity contribution is 0.320. The van der Waals surface area contributed by atoms with Crippen LogP contribution in [0.5, 0.6) is 0 Å². The Balaban J connectivity index is 1.71. The van der Waals surface area contributed by atoms with Gasteiger partial charge in [0.25, 0.3) is 0 Å². The number of halogens is 1. The molecule has 4 nitrogen and oxygen atoms in total. The van der Waals surface area contributed by atoms with Gasteiger partial charge in [-0.25, -0.2) is 17.1 Å². The summed E-state index contributed by atoms with van der Waals surface area (Å²) >= 11 is 0. The number of hydrogen-bond acceptors (Lipinski definition) is 2. The molecule has 0 radical (unpaired) electrons. The van der Waals surface area contributed by atoms with Gasteiger partial charge in [0.15, 0.2) is 0 Å². The summed E-state index contributed by atoms with van der Waals surface area (Å²) in [4.78, 5) is 3.12. The predicted octanol–water partition coefficient (Wildman–Crippen LogP) is 3.62. The molecule has 0 spiro atoms. The molecule has 1 fully saturated rings. The van der Waals surface area contributed by atoms with Crippen LogP contribution < -0.4 is 0 Å². The van der Waals surface area contributed by atoms with Crippen molar-refractivity contribution in [3.05, 3.63) is 35.8 Å². The van der Waals surface area contributed by atoms with E-state index in [1.807, 2.05) is 13.1 Å². The SMILES string of the molecule is CCCCS(=O)(=O)N1CCC(c2c[nH]c3cc(F)ccc23)CC1. The first kappa shape index (κ1) is 16.5. The van der Waals surface area contributed by atoms with Crippen LogP contribution in [0.15, 0.2) is 24.4 Å². The molecule has 23 heavy (non-hydrogen) atoms. The average molecular weight is 338 g/mol. The van der Waals surface area contributed by atoms with Crippen LogP contribution in [-0.4, -0.2) is 36.5 Å². The van der Waals surface area contributed by atoms with Gasteiger partial charge in [-0.15, -0.1) is 0 Å². The van der Waals surface area contributed by atoms with E-state index < -0.39 is 10.0 Å². The second-order valence-corrected chi connectivity index (χ2v) is 8.37. The molecular formula is C17H23FN2O2S. The Morgan fingerprint density at radius 1 is 1.30 bits per heavy atom. The number of rotatable bonds is 5. The summed E-state index contributed by atoms with van der Waals surface area (Å²) in [5.41, 5.74) is 1.98. The van der Waals surface area contributed by atoms with E-state index in [1.165, 1.54) is 17.7 Å². The van der Waals surface area contributed by atoms with Gasteiger partial charge in [0.2, 0.25) is 10.0 Å². The third kappa shape index (κ3) is 3.43. The normalized spacial score (nSPS) is 17.8. The molecule has 0 aliphatic carbocycles. The minimum Gasteiger partial charge on any atom is -0.361 e. The van der Waals surface area contributed by atoms with Gasteiger partial charge in [-0.3, -0.25) is 0 Å². The van der Waals surface area contributed by atoms with Gasteiger partial charge in [-0.2, -0.15) is 0 Å². The molecule has 1 N–H and O–H groups in total. The molecule has 3 rings (SSSR count). The van der Waals surface area contributed by atoms with Crippen LogP contribution in [-0.2, 0) is 10.0 Å². The fraction of sp³-hybridized carbons (Fsp3) is 0.529. The number of aromatic amines is 1. The quantitative estimate of drug-likeness (QED) is 0.905. The number of unbranched alkanes of at least 4 members (excludes halogenated alkanes) is 1. The number of piperidine rings is 1. The molecular weight excluding hydrogens is 315 g/mol. The highest BCUT2D eigenvalue weighted by Gasteiger charge is 2.29. The van der Waals surface area contributed by atoms with E-state index >= 15 is 0 Å². The highest BCUT2D eigenvalue weighted by molar-refractivity contribution is 7.89. The van der Waals surface area contributed by atoms with Crippen molar-refractivity contribution < 1.29 is 12.8 Å². The first-order valence-corrected chi connectivity index (χ1v) is 9.86. The summed E-state index contributed by atoms with van der Waals surface area (Å²) in [5.74, 6) is 0.329. The lowest BCUT2D eigenvalue weighted by atomic mass is 9.90. The number of sulfonamides is 1. The second kappa shape index (κ2) is 6.61. The number of H-pyrrole nitrogens is 1. The lowest BCUT2D eigenvalue weighted by Gasteiger charge is -2.31. The van der Waals surface area contributed by atoms with Gasteiger partial charge < -0.3 is 4.98 Å². The molecule has 1 aromatic heterocycles. The Hall–Kier alpha value is -1.40. The van der Waals surface area contributed by atoms with Crippen molar-refractivity contribution in [3.8, 4) is 0 Å². The smallest absolute Gasteiger partial charge is 0.214 e. The first-order valence-electron chi connectivity index (χ1n) is 8.25. The molecule has 0 saturated carbocycles. The van der Waals surface area contributed by atoms with Crippen LogP contribution in [0.2, 0.25) is 0 Å². The molecule has 0 amide bonds. The number of aromatic nitrogens is 1. The Kier molecular flexibility index (Phi) is 4.73. The van der Waals surface area contributed by atoms with Gasteiger partial charge >= 0.3 is 0 Å². The van der Waals surface area contributed by atoms with Gasteiger partial charge in [0.05, 0.1) is 5.75 Å². The largest absolute Gasteiger partial charge is 0.361 e. The zero-order chi connectivity index (χ0) is 16.4. The molecule has 0 atom stereocenters. The summed E-state index contributed by atoms with van der Waals surface area (Å²) in [6, 6.07) is 4.79. The molecule has 1 saturated heterocycles. The monoisotopic (exact) mass is 338 g/mol. The summed E-state index contributed by atoms with van der Waals surface area (Å²) in [7, 11) is -3.11. The Labute approximate surface area is 136 Å². The maximum Gasteiger partial charge on any atom is 0.214 e. The zero-order valence-corrected chi connectivity index (χ0v) is 14.2. The van der Waals surface area contributed by atoms with E-state index in [4.69, 9.17) is 0 Å². The number of hydrogen-bond donors (Lipinski definition) is 1. The molecule has 126 valence electrons. The van der Waals surface area contributed by atoms with Gasteiger partial charge in [0.1, 0.15) is 5.82 Å². The van der Waals surface area contributed by atoms with Gasteiger partial charge in [0, 0.05) is 30.2 Å². The molecule has 6 heteroatoms. The predicted molar refractivity (Wildman–Crippen MR) is 90.5 cm³/mol. The number of fused-ring (bicyclic) bond motifs is 1. The molecule has 0 unspecified atom stereocenters. The Bertz CT molecular complexity index is 777. The third-order valence-electron chi connectivity index (χ3n) is 4.72. The highest BCUT2D eigenvalue weighted by atomic mass is 32.2. The zero-order valence-electron chi connectivity index (χ0n) is 13.4. The number of nitrogens with zero attached hydrogens (tertiary/aromatic N) is 1. The fourth-order valence-corrected chi connectivity index (χ4v) is 5.04. The standard InChI is InChI=1S/C17H23FN2O2S/c1-2-3-10-23(21,22)20-8-6-13(7-9-20)16-12-19-17-11-14(18)4-5-15(16)17/h4-5,11-13,19H,2-3,6-10H2,1H3. The molecule has 0 bridgehead atoms. The van der Waals surface area contributed by atoms with Gasteiger partial charge in [-0.05, 0) is 48.9 Å². The summed E-state index contributed by atoms with van der Waals surface area (Å²) in [6.45, 7) is 3.15. The Morgan fingerprint density at radius 3 is 2.74 bits per heavy atom. The number of nitrogens with one attached hydrogen (secondary N) is 1. The highest BCUT2D eigenvalue weighted by Crippen LogP contribution is 2.34. The molecule has 2 heterocycles. The van der Waals surface area contributed by atoms with Crippen LogP contribution >= 0.6 is 0 Å². The van der Waals surface area contributed by atoms with Crippen molar-refractivity contribution in [3.63, 3.8) is 0 Å². The van der Waals surface area contributed by atoms with Gasteiger partial charge in [-0.1, -0.05) is 13.3 Å². The fourth-order valence-electron chi connectivity index (χ4n) is 3.36. The van der Waals surface area contributed by atoms with Crippen molar-refractivity contribution in [1.82, 2.24) is 9.29 Å². The van der Waals surface area contributed by atoms with Crippen molar-refractivity contribution in [2.75, 3.05) is 18.8 Å². The van der Waals surface area contributed by atoms with Crippen LogP contribution in [0, 0.1) is 5.82 Å². The van der Waals surface area contributed by atoms with Crippen LogP contribution in [0.3, 0.4) is 0 Å². The van der Waals surface area contributed by atoms with Crippen LogP contribution in [0.1, 0.15) is 44.1 Å². The lowest BCUT2D eigenvalue weighted by Crippen LogP contribution is -2.39. The maximum absolute atomic E-state index is 13.3. The number of benzene rings is 1. The van der Waals surface area contributed by atoms with E-state index in [1.54, 1.807) is 10.4 Å². The minimum atomic E-state index is -3.11. The van der Waals surface area contributed by atoms with Crippen LogP contribution in [0.4, 0.5) is 4.39 Å². The maximum atomic E-state index is 13.3. The van der Waals surface area contributed by atoms with E-state index in [0.29, 0.717) is 19.0 Å². The Morgan fingerprint density at radius 2 is 2.04 bits per heavy atom. The third-order valence-corrected chi connectivity index (χ3v) is 6.68. The molecule has 1 aliphatic heterocycles. The first-order chi connectivity index (χ1) is 11.0. The summed E-state index contributed by atoms with van der Waals surface area (Å²) < 4.78 is 39.4. The average Bonchev–Trinajstić information content (AvgIpc) is 2.96.